The molecule has 0 rings (SSSR count). The quantitative estimate of drug-likeness (QED) is 0.592. The molecule has 1 atom stereocenters. The van der Waals surface area contributed by atoms with E-state index in [2.05, 4.69) is 0 Å². The van der Waals surface area contributed by atoms with Gasteiger partial charge in [-0.1, -0.05) is 0 Å². The number of hydrogen-bond acceptors (Lipinski definition) is 3. The van der Waals surface area contributed by atoms with Gasteiger partial charge in [-0.3, -0.25) is 4.79 Å². The molecule has 3 N–H and O–H groups in total. The van der Waals surface area contributed by atoms with Crippen LogP contribution < -0.4 is 5.73 Å². The van der Waals surface area contributed by atoms with Gasteiger partial charge < -0.3 is 15.6 Å². The second kappa shape index (κ2) is 4.85. The van der Waals surface area contributed by atoms with E-state index in [-0.39, 0.29) is 31.1 Å². The Balaban J connectivity index is 3.76. The smallest absolute Gasteiger partial charge is 0.303 e. The zero-order valence-electron chi connectivity index (χ0n) is 6.54. The molecule has 0 aromatic carbocycles. The Morgan fingerprint density at radius 1 is 1.45 bits per heavy atom. The number of carbonyl (C=O) groups is 2. The number of aliphatic carboxylic acids is 1. The van der Waals surface area contributed by atoms with Crippen molar-refractivity contribution in [1.82, 2.24) is 0 Å². The molecule has 0 aromatic rings. The number of carbonyl (C=O) groups excluding carboxylic acids is 1. The van der Waals surface area contributed by atoms with Gasteiger partial charge >= 0.3 is 5.97 Å². The normalized spacial score (nSPS) is 12.5. The third-order valence-corrected chi connectivity index (χ3v) is 1.37. The summed E-state index contributed by atoms with van der Waals surface area (Å²) in [7, 11) is 0. The molecule has 11 heavy (non-hydrogen) atoms. The number of Topliss-reactive ketones (excluding diaryl/α,β-unsaturated/α-hetero) is 1. The summed E-state index contributed by atoms with van der Waals surface area (Å²) in [6, 6.07) is 0. The van der Waals surface area contributed by atoms with Crippen LogP contribution in [-0.4, -0.2) is 23.4 Å². The Kier molecular flexibility index (Phi) is 4.45. The van der Waals surface area contributed by atoms with Crippen molar-refractivity contribution >= 4 is 11.8 Å². The van der Waals surface area contributed by atoms with Gasteiger partial charge in [0, 0.05) is 12.8 Å². The molecule has 0 aliphatic heterocycles. The summed E-state index contributed by atoms with van der Waals surface area (Å²) in [6.07, 6.45) is 0.249. The summed E-state index contributed by atoms with van der Waals surface area (Å²) < 4.78 is 0. The zero-order valence-corrected chi connectivity index (χ0v) is 6.54. The van der Waals surface area contributed by atoms with Crippen molar-refractivity contribution in [1.29, 1.82) is 0 Å². The summed E-state index contributed by atoms with van der Waals surface area (Å²) in [5.74, 6) is -1.12. The molecule has 0 spiro atoms. The maximum absolute atomic E-state index is 10.5. The predicted octanol–water partition coefficient (Wildman–Crippen LogP) is 0.0151. The summed E-state index contributed by atoms with van der Waals surface area (Å²) in [5.41, 5.74) is 5.25. The van der Waals surface area contributed by atoms with Crippen molar-refractivity contribution in [3.05, 3.63) is 0 Å². The molecule has 0 amide bonds. The molecule has 0 fully saturated rings. The van der Waals surface area contributed by atoms with Crippen LogP contribution in [0.25, 0.3) is 0 Å². The van der Waals surface area contributed by atoms with Crippen LogP contribution in [0.3, 0.4) is 0 Å². The van der Waals surface area contributed by atoms with E-state index in [0.717, 1.165) is 0 Å². The van der Waals surface area contributed by atoms with E-state index in [1.807, 2.05) is 0 Å². The van der Waals surface area contributed by atoms with Crippen molar-refractivity contribution in [2.24, 2.45) is 11.7 Å². The first-order valence-electron chi connectivity index (χ1n) is 3.47. The molecule has 0 saturated carbocycles. The number of carboxylic acid groups (broad SMARTS) is 1. The van der Waals surface area contributed by atoms with E-state index in [0.29, 0.717) is 0 Å². The number of carboxylic acids is 1. The average molecular weight is 159 g/mol. The minimum absolute atomic E-state index is 0.0123. The molecule has 0 aliphatic rings. The predicted molar refractivity (Wildman–Crippen MR) is 40.1 cm³/mol. The molecule has 0 saturated heterocycles. The van der Waals surface area contributed by atoms with Crippen molar-refractivity contribution < 1.29 is 14.7 Å². The van der Waals surface area contributed by atoms with Crippen molar-refractivity contribution in [2.75, 3.05) is 6.54 Å². The van der Waals surface area contributed by atoms with Gasteiger partial charge in [0.2, 0.25) is 0 Å². The Morgan fingerprint density at radius 3 is 2.27 bits per heavy atom. The summed E-state index contributed by atoms with van der Waals surface area (Å²) in [5, 5.41) is 8.36. The van der Waals surface area contributed by atoms with Gasteiger partial charge in [0.05, 0.1) is 0 Å². The molecular formula is C7H13NO3. The highest BCUT2D eigenvalue weighted by Gasteiger charge is 2.12. The van der Waals surface area contributed by atoms with Gasteiger partial charge in [0.1, 0.15) is 5.78 Å². The maximum atomic E-state index is 10.5. The van der Waals surface area contributed by atoms with E-state index >= 15 is 0 Å². The van der Waals surface area contributed by atoms with Gasteiger partial charge in [0.25, 0.3) is 0 Å². The maximum Gasteiger partial charge on any atom is 0.303 e. The molecule has 0 bridgehead atoms. The fourth-order valence-corrected chi connectivity index (χ4v) is 0.892. The minimum atomic E-state index is -0.901. The van der Waals surface area contributed by atoms with Gasteiger partial charge in [0.15, 0.2) is 0 Å². The van der Waals surface area contributed by atoms with Crippen molar-refractivity contribution in [3.8, 4) is 0 Å². The average Bonchev–Trinajstić information content (AvgIpc) is 1.84. The lowest BCUT2D eigenvalue weighted by Crippen LogP contribution is -2.20. The minimum Gasteiger partial charge on any atom is -0.481 e. The highest BCUT2D eigenvalue weighted by atomic mass is 16.4. The number of ketones is 1. The second-order valence-electron chi connectivity index (χ2n) is 2.61. The van der Waals surface area contributed by atoms with Crippen LogP contribution in [0.2, 0.25) is 0 Å². The van der Waals surface area contributed by atoms with E-state index < -0.39 is 5.97 Å². The topological polar surface area (TPSA) is 80.4 Å². The number of rotatable bonds is 5. The molecule has 0 aliphatic carbocycles. The van der Waals surface area contributed by atoms with Crippen LogP contribution in [0.15, 0.2) is 0 Å². The van der Waals surface area contributed by atoms with E-state index in [9.17, 15) is 9.59 Å². The van der Waals surface area contributed by atoms with Crippen LogP contribution in [0.1, 0.15) is 19.8 Å². The molecule has 1 unspecified atom stereocenters. The van der Waals surface area contributed by atoms with Crippen LogP contribution in [0.4, 0.5) is 0 Å². The Bertz CT molecular complexity index is 140. The second-order valence-corrected chi connectivity index (χ2v) is 2.61. The lowest BCUT2D eigenvalue weighted by Gasteiger charge is -2.08. The van der Waals surface area contributed by atoms with E-state index in [1.165, 1.54) is 6.92 Å². The first-order valence-corrected chi connectivity index (χ1v) is 3.47. The van der Waals surface area contributed by atoms with Gasteiger partial charge in [-0.25, -0.2) is 0 Å². The standard InChI is InChI=1S/C7H13NO3/c1-5(9)2-6(4-8)3-7(10)11/h6H,2-4,8H2,1H3,(H,10,11). The highest BCUT2D eigenvalue weighted by Crippen LogP contribution is 2.06. The van der Waals surface area contributed by atoms with Gasteiger partial charge in [-0.2, -0.15) is 0 Å². The largest absolute Gasteiger partial charge is 0.481 e. The van der Waals surface area contributed by atoms with Gasteiger partial charge in [-0.05, 0) is 19.4 Å². The molecule has 4 nitrogen and oxygen atoms in total. The molecule has 4 heteroatoms. The molecule has 0 aromatic heterocycles. The van der Waals surface area contributed by atoms with Crippen LogP contribution in [-0.2, 0) is 9.59 Å². The first kappa shape index (κ1) is 10.1. The van der Waals surface area contributed by atoms with Gasteiger partial charge in [-0.15, -0.1) is 0 Å². The third kappa shape index (κ3) is 5.54. The van der Waals surface area contributed by atoms with Crippen molar-refractivity contribution in [2.45, 2.75) is 19.8 Å². The van der Waals surface area contributed by atoms with Crippen molar-refractivity contribution in [3.63, 3.8) is 0 Å². The monoisotopic (exact) mass is 159 g/mol. The summed E-state index contributed by atoms with van der Waals surface area (Å²) in [4.78, 5) is 20.7. The SMILES string of the molecule is CC(=O)CC(CN)CC(=O)O. The van der Waals surface area contributed by atoms with E-state index in [4.69, 9.17) is 10.8 Å². The van der Waals surface area contributed by atoms with Crippen LogP contribution >= 0.6 is 0 Å². The molecule has 64 valence electrons. The fourth-order valence-electron chi connectivity index (χ4n) is 0.892. The number of hydrogen-bond donors (Lipinski definition) is 2. The molecule has 0 heterocycles. The zero-order chi connectivity index (χ0) is 8.85. The molecule has 0 radical (unpaired) electrons. The highest BCUT2D eigenvalue weighted by molar-refractivity contribution is 5.76. The third-order valence-electron chi connectivity index (χ3n) is 1.37. The Labute approximate surface area is 65.4 Å². The Hall–Kier alpha value is -0.900. The lowest BCUT2D eigenvalue weighted by atomic mass is 10.00. The number of nitrogens with two attached hydrogens (primary N) is 1. The lowest BCUT2D eigenvalue weighted by molar-refractivity contribution is -0.138. The first-order chi connectivity index (χ1) is 5.06. The summed E-state index contributed by atoms with van der Waals surface area (Å²) in [6.45, 7) is 1.69. The summed E-state index contributed by atoms with van der Waals surface area (Å²) >= 11 is 0. The Morgan fingerprint density at radius 2 is 2.00 bits per heavy atom. The fraction of sp³-hybridized carbons (Fsp3) is 0.714. The van der Waals surface area contributed by atoms with Crippen LogP contribution in [0, 0.1) is 5.92 Å². The molecular weight excluding hydrogens is 146 g/mol. The van der Waals surface area contributed by atoms with Crippen LogP contribution in [0.5, 0.6) is 0 Å². The van der Waals surface area contributed by atoms with E-state index in [1.54, 1.807) is 0 Å².